The number of nitrogens with zero attached hydrogens (tertiary/aromatic N) is 4. The predicted molar refractivity (Wildman–Crippen MR) is 86.7 cm³/mol. The maximum absolute atomic E-state index is 5.98. The van der Waals surface area contributed by atoms with E-state index in [4.69, 9.17) is 11.6 Å². The number of aryl methyl sites for hydroxylation is 1. The van der Waals surface area contributed by atoms with Crippen molar-refractivity contribution in [3.05, 3.63) is 71.3 Å². The van der Waals surface area contributed by atoms with Gasteiger partial charge in [-0.1, -0.05) is 23.7 Å². The van der Waals surface area contributed by atoms with Crippen molar-refractivity contribution in [3.63, 3.8) is 0 Å². The molecule has 3 rings (SSSR count). The van der Waals surface area contributed by atoms with Crippen LogP contribution in [0.25, 0.3) is 0 Å². The zero-order chi connectivity index (χ0) is 15.4. The van der Waals surface area contributed by atoms with Crippen molar-refractivity contribution in [1.29, 1.82) is 0 Å². The lowest BCUT2D eigenvalue weighted by molar-refractivity contribution is 0.480. The Kier molecular flexibility index (Phi) is 4.56. The van der Waals surface area contributed by atoms with Crippen molar-refractivity contribution in [2.75, 3.05) is 6.54 Å². The molecule has 0 saturated carbocycles. The van der Waals surface area contributed by atoms with E-state index in [0.29, 0.717) is 0 Å². The summed E-state index contributed by atoms with van der Waals surface area (Å²) in [6.45, 7) is 1.55. The summed E-state index contributed by atoms with van der Waals surface area (Å²) < 4.78 is 3.76. The molecule has 0 radical (unpaired) electrons. The van der Waals surface area contributed by atoms with Gasteiger partial charge < -0.3 is 5.32 Å². The van der Waals surface area contributed by atoms with Crippen LogP contribution in [0.5, 0.6) is 0 Å². The van der Waals surface area contributed by atoms with Gasteiger partial charge in [-0.15, -0.1) is 0 Å². The fraction of sp³-hybridized carbons (Fsp3) is 0.250. The van der Waals surface area contributed by atoms with Crippen LogP contribution in [-0.4, -0.2) is 26.1 Å². The number of benzene rings is 1. The molecule has 22 heavy (non-hydrogen) atoms. The van der Waals surface area contributed by atoms with E-state index in [1.807, 2.05) is 60.7 Å². The first kappa shape index (κ1) is 14.8. The van der Waals surface area contributed by atoms with Crippen molar-refractivity contribution >= 4 is 11.6 Å². The summed E-state index contributed by atoms with van der Waals surface area (Å²) in [4.78, 5) is 0. The summed E-state index contributed by atoms with van der Waals surface area (Å²) in [6.07, 6.45) is 7.66. The first-order chi connectivity index (χ1) is 10.7. The van der Waals surface area contributed by atoms with Crippen LogP contribution in [0.2, 0.25) is 5.02 Å². The van der Waals surface area contributed by atoms with Gasteiger partial charge in [-0.05, 0) is 23.8 Å². The molecule has 2 aromatic heterocycles. The molecule has 0 fully saturated rings. The standard InChI is InChI=1S/C16H18ClN5/c1-21-12-13(10-20-21)9-18-11-16(22-8-2-7-19-22)14-3-5-15(17)6-4-14/h2-8,10,12,16,18H,9,11H2,1H3/t16-/m0/s1. The monoisotopic (exact) mass is 315 g/mol. The molecule has 5 nitrogen and oxygen atoms in total. The average molecular weight is 316 g/mol. The Hall–Kier alpha value is -2.11. The van der Waals surface area contributed by atoms with E-state index in [1.165, 1.54) is 5.56 Å². The maximum Gasteiger partial charge on any atom is 0.0892 e. The third kappa shape index (κ3) is 3.55. The Labute approximate surface area is 134 Å². The third-order valence-corrected chi connectivity index (χ3v) is 3.78. The number of aromatic nitrogens is 4. The van der Waals surface area contributed by atoms with Gasteiger partial charge in [0.05, 0.1) is 12.2 Å². The Bertz CT molecular complexity index is 702. The molecule has 1 atom stereocenters. The zero-order valence-corrected chi connectivity index (χ0v) is 13.1. The highest BCUT2D eigenvalue weighted by Crippen LogP contribution is 2.19. The van der Waals surface area contributed by atoms with Crippen molar-refractivity contribution < 1.29 is 0 Å². The molecule has 114 valence electrons. The van der Waals surface area contributed by atoms with Gasteiger partial charge in [-0.25, -0.2) is 0 Å². The van der Waals surface area contributed by atoms with Crippen LogP contribution >= 0.6 is 11.6 Å². The topological polar surface area (TPSA) is 47.7 Å². The molecule has 0 spiro atoms. The summed E-state index contributed by atoms with van der Waals surface area (Å²) in [5.41, 5.74) is 2.34. The van der Waals surface area contributed by atoms with Crippen molar-refractivity contribution in [2.24, 2.45) is 7.05 Å². The normalized spacial score (nSPS) is 12.5. The van der Waals surface area contributed by atoms with Gasteiger partial charge in [-0.2, -0.15) is 10.2 Å². The molecular formula is C16H18ClN5. The Morgan fingerprint density at radius 2 is 2.05 bits per heavy atom. The van der Waals surface area contributed by atoms with Gasteiger partial charge in [0.2, 0.25) is 0 Å². The third-order valence-electron chi connectivity index (χ3n) is 3.52. The second-order valence-corrected chi connectivity index (χ2v) is 5.64. The van der Waals surface area contributed by atoms with Gasteiger partial charge in [0, 0.05) is 49.3 Å². The molecule has 1 aromatic carbocycles. The van der Waals surface area contributed by atoms with Crippen LogP contribution in [0.1, 0.15) is 17.2 Å². The molecule has 3 aromatic rings. The second-order valence-electron chi connectivity index (χ2n) is 5.21. The van der Waals surface area contributed by atoms with Crippen LogP contribution in [0.15, 0.2) is 55.1 Å². The summed E-state index contributed by atoms with van der Waals surface area (Å²) in [5, 5.41) is 12.8. The molecular weight excluding hydrogens is 298 g/mol. The fourth-order valence-corrected chi connectivity index (χ4v) is 2.56. The van der Waals surface area contributed by atoms with Gasteiger partial charge in [0.1, 0.15) is 0 Å². The highest BCUT2D eigenvalue weighted by Gasteiger charge is 2.13. The quantitative estimate of drug-likeness (QED) is 0.760. The molecule has 0 aliphatic rings. The number of rotatable bonds is 6. The lowest BCUT2D eigenvalue weighted by Crippen LogP contribution is -2.26. The number of hydrogen-bond donors (Lipinski definition) is 1. The van der Waals surface area contributed by atoms with Crippen LogP contribution < -0.4 is 5.32 Å². The van der Waals surface area contributed by atoms with Gasteiger partial charge in [0.15, 0.2) is 0 Å². The van der Waals surface area contributed by atoms with E-state index < -0.39 is 0 Å². The Balaban J connectivity index is 1.70. The lowest BCUT2D eigenvalue weighted by Gasteiger charge is -2.19. The smallest absolute Gasteiger partial charge is 0.0892 e. The van der Waals surface area contributed by atoms with Gasteiger partial charge in [-0.3, -0.25) is 9.36 Å². The first-order valence-corrected chi connectivity index (χ1v) is 7.53. The van der Waals surface area contributed by atoms with Crippen molar-refractivity contribution in [1.82, 2.24) is 24.9 Å². The van der Waals surface area contributed by atoms with Crippen molar-refractivity contribution in [3.8, 4) is 0 Å². The van der Waals surface area contributed by atoms with Crippen LogP contribution in [0.3, 0.4) is 0 Å². The van der Waals surface area contributed by atoms with E-state index in [9.17, 15) is 0 Å². The largest absolute Gasteiger partial charge is 0.310 e. The number of nitrogens with one attached hydrogen (secondary N) is 1. The van der Waals surface area contributed by atoms with Crippen LogP contribution in [0, 0.1) is 0 Å². The molecule has 1 N–H and O–H groups in total. The minimum absolute atomic E-state index is 0.129. The summed E-state index contributed by atoms with van der Waals surface area (Å²) >= 11 is 5.98. The number of hydrogen-bond acceptors (Lipinski definition) is 3. The van der Waals surface area contributed by atoms with Gasteiger partial charge in [0.25, 0.3) is 0 Å². The lowest BCUT2D eigenvalue weighted by atomic mass is 10.1. The Morgan fingerprint density at radius 1 is 1.23 bits per heavy atom. The molecule has 0 saturated heterocycles. The van der Waals surface area contributed by atoms with E-state index in [2.05, 4.69) is 15.5 Å². The van der Waals surface area contributed by atoms with E-state index >= 15 is 0 Å². The fourth-order valence-electron chi connectivity index (χ4n) is 2.43. The summed E-state index contributed by atoms with van der Waals surface area (Å²) in [6, 6.07) is 9.97. The van der Waals surface area contributed by atoms with E-state index in [-0.39, 0.29) is 6.04 Å². The van der Waals surface area contributed by atoms with Crippen LogP contribution in [0.4, 0.5) is 0 Å². The maximum atomic E-state index is 5.98. The summed E-state index contributed by atoms with van der Waals surface area (Å²) in [7, 11) is 1.92. The van der Waals surface area contributed by atoms with E-state index in [1.54, 1.807) is 10.9 Å². The minimum atomic E-state index is 0.129. The SMILES string of the molecule is Cn1cc(CNC[C@@H](c2ccc(Cl)cc2)n2cccn2)cn1. The second kappa shape index (κ2) is 6.77. The van der Waals surface area contributed by atoms with E-state index in [0.717, 1.165) is 23.7 Å². The molecule has 0 amide bonds. The molecule has 0 aliphatic heterocycles. The van der Waals surface area contributed by atoms with Crippen molar-refractivity contribution in [2.45, 2.75) is 12.6 Å². The highest BCUT2D eigenvalue weighted by atomic mass is 35.5. The predicted octanol–water partition coefficient (Wildman–Crippen LogP) is 2.65. The highest BCUT2D eigenvalue weighted by molar-refractivity contribution is 6.30. The summed E-state index contributed by atoms with van der Waals surface area (Å²) in [5.74, 6) is 0. The Morgan fingerprint density at radius 3 is 2.68 bits per heavy atom. The molecule has 0 bridgehead atoms. The molecule has 0 aliphatic carbocycles. The molecule has 6 heteroatoms. The molecule has 2 heterocycles. The average Bonchev–Trinajstić information content (AvgIpc) is 3.17. The zero-order valence-electron chi connectivity index (χ0n) is 12.4. The van der Waals surface area contributed by atoms with Gasteiger partial charge >= 0.3 is 0 Å². The first-order valence-electron chi connectivity index (χ1n) is 7.15. The van der Waals surface area contributed by atoms with Crippen LogP contribution in [-0.2, 0) is 13.6 Å². The number of halogens is 1. The minimum Gasteiger partial charge on any atom is -0.310 e. The molecule has 0 unspecified atom stereocenters.